The predicted octanol–water partition coefficient (Wildman–Crippen LogP) is 3.89. The van der Waals surface area contributed by atoms with Gasteiger partial charge in [0.25, 0.3) is 5.91 Å². The van der Waals surface area contributed by atoms with Crippen molar-refractivity contribution in [3.8, 4) is 0 Å². The molecule has 0 aliphatic rings. The molecular formula is C20H21N3OS. The zero-order chi connectivity index (χ0) is 17.6. The zero-order valence-corrected chi connectivity index (χ0v) is 15.2. The molecule has 0 aliphatic heterocycles. The molecule has 1 amide bonds. The average Bonchev–Trinajstić information content (AvgIpc) is 3.14. The molecule has 128 valence electrons. The maximum absolute atomic E-state index is 12.6. The molecule has 1 aromatic heterocycles. The molecule has 1 heterocycles. The Morgan fingerprint density at radius 3 is 2.68 bits per heavy atom. The van der Waals surface area contributed by atoms with Crippen molar-refractivity contribution in [3.63, 3.8) is 0 Å². The van der Waals surface area contributed by atoms with E-state index in [4.69, 9.17) is 0 Å². The minimum absolute atomic E-state index is 0.0395. The SMILES string of the molecule is CSc1ccc(C)c(C(=O)NCc2ccccc2Cn2cccn2)c1. The summed E-state index contributed by atoms with van der Waals surface area (Å²) in [4.78, 5) is 13.7. The predicted molar refractivity (Wildman–Crippen MR) is 102 cm³/mol. The topological polar surface area (TPSA) is 46.9 Å². The van der Waals surface area contributed by atoms with Gasteiger partial charge in [-0.2, -0.15) is 5.10 Å². The normalized spacial score (nSPS) is 10.6. The molecule has 0 fully saturated rings. The molecule has 4 nitrogen and oxygen atoms in total. The molecule has 0 bridgehead atoms. The third-order valence-electron chi connectivity index (χ3n) is 4.14. The number of hydrogen-bond donors (Lipinski definition) is 1. The van der Waals surface area contributed by atoms with E-state index in [1.165, 1.54) is 0 Å². The summed E-state index contributed by atoms with van der Waals surface area (Å²) in [7, 11) is 0. The number of amides is 1. The second kappa shape index (κ2) is 8.03. The zero-order valence-electron chi connectivity index (χ0n) is 14.4. The molecular weight excluding hydrogens is 330 g/mol. The van der Waals surface area contributed by atoms with Gasteiger partial charge in [0, 0.05) is 29.4 Å². The van der Waals surface area contributed by atoms with Crippen molar-refractivity contribution in [2.75, 3.05) is 6.26 Å². The molecule has 0 saturated heterocycles. The van der Waals surface area contributed by atoms with Gasteiger partial charge in [0.2, 0.25) is 0 Å². The van der Waals surface area contributed by atoms with Crippen LogP contribution in [0.3, 0.4) is 0 Å². The van der Waals surface area contributed by atoms with E-state index < -0.39 is 0 Å². The summed E-state index contributed by atoms with van der Waals surface area (Å²) >= 11 is 1.64. The number of rotatable bonds is 6. The van der Waals surface area contributed by atoms with Gasteiger partial charge < -0.3 is 5.32 Å². The van der Waals surface area contributed by atoms with Crippen LogP contribution in [0.2, 0.25) is 0 Å². The third kappa shape index (κ3) is 4.31. The second-order valence-electron chi connectivity index (χ2n) is 5.84. The largest absolute Gasteiger partial charge is 0.348 e. The fourth-order valence-electron chi connectivity index (χ4n) is 2.70. The Bertz CT molecular complexity index is 859. The Hall–Kier alpha value is -2.53. The van der Waals surface area contributed by atoms with Crippen LogP contribution in [0.5, 0.6) is 0 Å². The summed E-state index contributed by atoms with van der Waals surface area (Å²) < 4.78 is 1.88. The third-order valence-corrected chi connectivity index (χ3v) is 4.86. The molecule has 0 unspecified atom stereocenters. The number of thioether (sulfide) groups is 1. The lowest BCUT2D eigenvalue weighted by atomic mass is 10.1. The van der Waals surface area contributed by atoms with Gasteiger partial charge >= 0.3 is 0 Å². The van der Waals surface area contributed by atoms with E-state index in [1.807, 2.05) is 66.5 Å². The van der Waals surface area contributed by atoms with Gasteiger partial charge in [-0.3, -0.25) is 9.48 Å². The number of aromatic nitrogens is 2. The molecule has 0 saturated carbocycles. The highest BCUT2D eigenvalue weighted by Crippen LogP contribution is 2.19. The Balaban J connectivity index is 1.72. The minimum atomic E-state index is -0.0395. The first kappa shape index (κ1) is 17.3. The highest BCUT2D eigenvalue weighted by atomic mass is 32.2. The molecule has 0 radical (unpaired) electrons. The van der Waals surface area contributed by atoms with Crippen molar-refractivity contribution < 1.29 is 4.79 Å². The van der Waals surface area contributed by atoms with E-state index in [2.05, 4.69) is 16.5 Å². The fourth-order valence-corrected chi connectivity index (χ4v) is 3.14. The van der Waals surface area contributed by atoms with Crippen molar-refractivity contribution in [2.45, 2.75) is 24.9 Å². The summed E-state index contributed by atoms with van der Waals surface area (Å²) in [6.45, 7) is 3.16. The fraction of sp³-hybridized carbons (Fsp3) is 0.200. The average molecular weight is 351 g/mol. The lowest BCUT2D eigenvalue weighted by Crippen LogP contribution is -2.24. The lowest BCUT2D eigenvalue weighted by Gasteiger charge is -2.12. The van der Waals surface area contributed by atoms with Crippen molar-refractivity contribution in [1.82, 2.24) is 15.1 Å². The van der Waals surface area contributed by atoms with Crippen LogP contribution in [0.1, 0.15) is 27.0 Å². The smallest absolute Gasteiger partial charge is 0.251 e. The van der Waals surface area contributed by atoms with E-state index >= 15 is 0 Å². The van der Waals surface area contributed by atoms with Crippen LogP contribution < -0.4 is 5.32 Å². The summed E-state index contributed by atoms with van der Waals surface area (Å²) in [6.07, 6.45) is 5.72. The lowest BCUT2D eigenvalue weighted by molar-refractivity contribution is 0.0950. The Kier molecular flexibility index (Phi) is 5.56. The first-order valence-corrected chi connectivity index (χ1v) is 9.37. The summed E-state index contributed by atoms with van der Waals surface area (Å²) in [5.41, 5.74) is 3.97. The maximum atomic E-state index is 12.6. The number of nitrogens with zero attached hydrogens (tertiary/aromatic N) is 2. The Morgan fingerprint density at radius 2 is 1.96 bits per heavy atom. The number of hydrogen-bond acceptors (Lipinski definition) is 3. The van der Waals surface area contributed by atoms with Crippen LogP contribution in [0.4, 0.5) is 0 Å². The number of nitrogens with one attached hydrogen (secondary N) is 1. The minimum Gasteiger partial charge on any atom is -0.348 e. The summed E-state index contributed by atoms with van der Waals surface area (Å²) in [6, 6.07) is 16.0. The Morgan fingerprint density at radius 1 is 1.16 bits per heavy atom. The molecule has 0 spiro atoms. The van der Waals surface area contributed by atoms with Crippen LogP contribution in [-0.2, 0) is 13.1 Å². The van der Waals surface area contributed by atoms with Gasteiger partial charge in [-0.1, -0.05) is 30.3 Å². The van der Waals surface area contributed by atoms with Crippen molar-refractivity contribution in [3.05, 3.63) is 83.2 Å². The van der Waals surface area contributed by atoms with E-state index in [-0.39, 0.29) is 5.91 Å². The van der Waals surface area contributed by atoms with E-state index in [0.29, 0.717) is 13.1 Å². The standard InChI is InChI=1S/C20H21N3OS/c1-15-8-9-18(25-2)12-19(15)20(24)21-13-16-6-3-4-7-17(16)14-23-11-5-10-22-23/h3-12H,13-14H2,1-2H3,(H,21,24). The monoisotopic (exact) mass is 351 g/mol. The van der Waals surface area contributed by atoms with Crippen LogP contribution in [0, 0.1) is 6.92 Å². The number of benzene rings is 2. The van der Waals surface area contributed by atoms with Gasteiger partial charge in [-0.25, -0.2) is 0 Å². The molecule has 0 atom stereocenters. The van der Waals surface area contributed by atoms with Crippen molar-refractivity contribution in [2.24, 2.45) is 0 Å². The second-order valence-corrected chi connectivity index (χ2v) is 6.72. The summed E-state index contributed by atoms with van der Waals surface area (Å²) in [5, 5.41) is 7.30. The van der Waals surface area contributed by atoms with Crippen molar-refractivity contribution >= 4 is 17.7 Å². The number of carbonyl (C=O) groups excluding carboxylic acids is 1. The molecule has 3 aromatic rings. The summed E-state index contributed by atoms with van der Waals surface area (Å²) in [5.74, 6) is -0.0395. The van der Waals surface area contributed by atoms with Crippen LogP contribution >= 0.6 is 11.8 Å². The van der Waals surface area contributed by atoms with Crippen LogP contribution in [0.15, 0.2) is 65.8 Å². The van der Waals surface area contributed by atoms with E-state index in [1.54, 1.807) is 18.0 Å². The number of carbonyl (C=O) groups is 1. The van der Waals surface area contributed by atoms with Gasteiger partial charge in [0.05, 0.1) is 6.54 Å². The van der Waals surface area contributed by atoms with E-state index in [9.17, 15) is 4.79 Å². The van der Waals surface area contributed by atoms with Crippen molar-refractivity contribution in [1.29, 1.82) is 0 Å². The van der Waals surface area contributed by atoms with Gasteiger partial charge in [0.1, 0.15) is 0 Å². The van der Waals surface area contributed by atoms with Gasteiger partial charge in [-0.15, -0.1) is 11.8 Å². The molecule has 0 aliphatic carbocycles. The molecule has 2 aromatic carbocycles. The molecule has 5 heteroatoms. The Labute approximate surface area is 152 Å². The quantitative estimate of drug-likeness (QED) is 0.685. The highest BCUT2D eigenvalue weighted by Gasteiger charge is 2.11. The first-order valence-electron chi connectivity index (χ1n) is 8.14. The molecule has 1 N–H and O–H groups in total. The van der Waals surface area contributed by atoms with Crippen LogP contribution in [-0.4, -0.2) is 21.9 Å². The van der Waals surface area contributed by atoms with Gasteiger partial charge in [-0.05, 0) is 48.1 Å². The first-order chi connectivity index (χ1) is 12.2. The van der Waals surface area contributed by atoms with Crippen LogP contribution in [0.25, 0.3) is 0 Å². The van der Waals surface area contributed by atoms with Gasteiger partial charge in [0.15, 0.2) is 0 Å². The molecule has 3 rings (SSSR count). The van der Waals surface area contributed by atoms with E-state index in [0.717, 1.165) is 27.1 Å². The highest BCUT2D eigenvalue weighted by molar-refractivity contribution is 7.98. The molecule has 25 heavy (non-hydrogen) atoms. The maximum Gasteiger partial charge on any atom is 0.251 e. The number of aryl methyl sites for hydroxylation is 1.